The molecule has 0 aliphatic heterocycles. The van der Waals surface area contributed by atoms with E-state index in [-0.39, 0.29) is 39.1 Å². The van der Waals surface area contributed by atoms with Crippen LogP contribution in [0.3, 0.4) is 0 Å². The van der Waals surface area contributed by atoms with Crippen molar-refractivity contribution in [3.05, 3.63) is 94.5 Å². The largest absolute Gasteiger partial charge is 0.352 e. The molecule has 0 fully saturated rings. The second kappa shape index (κ2) is 13.1. The van der Waals surface area contributed by atoms with Crippen molar-refractivity contribution in [1.82, 2.24) is 10.2 Å². The van der Waals surface area contributed by atoms with E-state index < -0.39 is 28.5 Å². The van der Waals surface area contributed by atoms with Crippen LogP contribution in [0.1, 0.15) is 32.8 Å². The number of sulfonamides is 1. The summed E-state index contributed by atoms with van der Waals surface area (Å²) in [5, 5.41) is 3.24. The number of nitrogens with one attached hydrogen (secondary N) is 1. The van der Waals surface area contributed by atoms with Gasteiger partial charge in [-0.25, -0.2) is 8.42 Å². The molecular weight excluding hydrogens is 545 g/mol. The molecule has 202 valence electrons. The van der Waals surface area contributed by atoms with Crippen LogP contribution in [0, 0.1) is 0 Å². The summed E-state index contributed by atoms with van der Waals surface area (Å²) in [5.74, 6) is -0.875. The molecule has 0 heterocycles. The van der Waals surface area contributed by atoms with Crippen LogP contribution in [0.15, 0.2) is 83.8 Å². The van der Waals surface area contributed by atoms with Crippen LogP contribution in [0.5, 0.6) is 0 Å². The van der Waals surface area contributed by atoms with Crippen LogP contribution in [0.2, 0.25) is 10.0 Å². The van der Waals surface area contributed by atoms with Crippen LogP contribution in [-0.4, -0.2) is 43.8 Å². The van der Waals surface area contributed by atoms with Crippen LogP contribution in [0.25, 0.3) is 0 Å². The Labute approximate surface area is 234 Å². The number of anilines is 1. The molecule has 0 saturated heterocycles. The summed E-state index contributed by atoms with van der Waals surface area (Å²) in [5.41, 5.74) is 0.866. The van der Waals surface area contributed by atoms with Gasteiger partial charge in [-0.2, -0.15) is 0 Å². The van der Waals surface area contributed by atoms with Gasteiger partial charge in [0.1, 0.15) is 12.6 Å². The lowest BCUT2D eigenvalue weighted by molar-refractivity contribution is -0.140. The van der Waals surface area contributed by atoms with Crippen molar-refractivity contribution in [2.75, 3.05) is 10.8 Å². The number of rotatable bonds is 11. The highest BCUT2D eigenvalue weighted by molar-refractivity contribution is 7.92. The molecule has 2 amide bonds. The van der Waals surface area contributed by atoms with Gasteiger partial charge in [0.15, 0.2) is 0 Å². The zero-order valence-electron chi connectivity index (χ0n) is 21.5. The van der Waals surface area contributed by atoms with Crippen LogP contribution >= 0.6 is 23.2 Å². The molecule has 10 heteroatoms. The number of hydrogen-bond acceptors (Lipinski definition) is 4. The number of nitrogens with zero attached hydrogens (tertiary/aromatic N) is 2. The molecule has 0 unspecified atom stereocenters. The topological polar surface area (TPSA) is 86.8 Å². The Morgan fingerprint density at radius 2 is 1.53 bits per heavy atom. The van der Waals surface area contributed by atoms with Gasteiger partial charge < -0.3 is 10.2 Å². The first kappa shape index (κ1) is 29.5. The molecule has 3 aromatic carbocycles. The Hall–Kier alpha value is -3.07. The second-order valence-corrected chi connectivity index (χ2v) is 11.7. The minimum Gasteiger partial charge on any atom is -0.352 e. The Morgan fingerprint density at radius 1 is 0.921 bits per heavy atom. The number of carbonyl (C=O) groups excluding carboxylic acids is 2. The first-order chi connectivity index (χ1) is 18.0. The zero-order valence-corrected chi connectivity index (χ0v) is 23.8. The predicted molar refractivity (Wildman–Crippen MR) is 152 cm³/mol. The minimum atomic E-state index is -4.22. The highest BCUT2D eigenvalue weighted by Crippen LogP contribution is 2.33. The molecule has 0 spiro atoms. The standard InChI is InChI=1S/C28H31Cl2N3O4S/c1-4-25(28(35)31-20(2)3)32(18-21-11-7-5-8-12-21)27(34)19-33(26-17-22(29)15-16-24(26)30)38(36,37)23-13-9-6-10-14-23/h5-17,20,25H,4,18-19H2,1-3H3,(H,31,35)/t25-/m0/s1. The number of hydrogen-bond donors (Lipinski definition) is 1. The smallest absolute Gasteiger partial charge is 0.264 e. The first-order valence-corrected chi connectivity index (χ1v) is 14.4. The van der Waals surface area contributed by atoms with E-state index in [9.17, 15) is 18.0 Å². The molecule has 38 heavy (non-hydrogen) atoms. The maximum Gasteiger partial charge on any atom is 0.264 e. The van der Waals surface area contributed by atoms with Crippen molar-refractivity contribution in [1.29, 1.82) is 0 Å². The fraction of sp³-hybridized carbons (Fsp3) is 0.286. The van der Waals surface area contributed by atoms with Crippen molar-refractivity contribution in [2.45, 2.75) is 50.7 Å². The third-order valence-electron chi connectivity index (χ3n) is 5.80. The molecule has 0 bridgehead atoms. The number of benzene rings is 3. The van der Waals surface area contributed by atoms with Gasteiger partial charge in [-0.3, -0.25) is 13.9 Å². The number of halogens is 2. The lowest BCUT2D eigenvalue weighted by Gasteiger charge is -2.33. The molecular formula is C28H31Cl2N3O4S. The van der Waals surface area contributed by atoms with Gasteiger partial charge in [0.25, 0.3) is 10.0 Å². The Balaban J connectivity index is 2.08. The third-order valence-corrected chi connectivity index (χ3v) is 8.13. The lowest BCUT2D eigenvalue weighted by atomic mass is 10.1. The minimum absolute atomic E-state index is 0.0111. The summed E-state index contributed by atoms with van der Waals surface area (Å²) in [6.07, 6.45) is 0.334. The number of carbonyl (C=O) groups is 2. The van der Waals surface area contributed by atoms with E-state index >= 15 is 0 Å². The van der Waals surface area contributed by atoms with E-state index in [0.29, 0.717) is 6.42 Å². The van der Waals surface area contributed by atoms with Gasteiger partial charge in [-0.05, 0) is 56.2 Å². The SMILES string of the molecule is CC[C@@H](C(=O)NC(C)C)N(Cc1ccccc1)C(=O)CN(c1cc(Cl)ccc1Cl)S(=O)(=O)c1ccccc1. The van der Waals surface area contributed by atoms with Gasteiger partial charge in [0.05, 0.1) is 15.6 Å². The van der Waals surface area contributed by atoms with E-state index in [0.717, 1.165) is 9.87 Å². The van der Waals surface area contributed by atoms with Crippen LogP contribution < -0.4 is 9.62 Å². The normalized spacial score (nSPS) is 12.2. The van der Waals surface area contributed by atoms with Gasteiger partial charge in [0.2, 0.25) is 11.8 Å². The van der Waals surface area contributed by atoms with Crippen molar-refractivity contribution in [3.8, 4) is 0 Å². The van der Waals surface area contributed by atoms with Gasteiger partial charge >= 0.3 is 0 Å². The highest BCUT2D eigenvalue weighted by Gasteiger charge is 2.34. The molecule has 3 aromatic rings. The van der Waals surface area contributed by atoms with Gasteiger partial charge in [0, 0.05) is 17.6 Å². The third kappa shape index (κ3) is 7.28. The van der Waals surface area contributed by atoms with Crippen LogP contribution in [0.4, 0.5) is 5.69 Å². The molecule has 0 aliphatic rings. The van der Waals surface area contributed by atoms with Crippen molar-refractivity contribution in [3.63, 3.8) is 0 Å². The molecule has 3 rings (SSSR count). The van der Waals surface area contributed by atoms with E-state index in [2.05, 4.69) is 5.32 Å². The summed E-state index contributed by atoms with van der Waals surface area (Å²) in [4.78, 5) is 28.5. The average Bonchev–Trinajstić information content (AvgIpc) is 2.89. The zero-order chi connectivity index (χ0) is 27.9. The second-order valence-electron chi connectivity index (χ2n) is 9.02. The van der Waals surface area contributed by atoms with E-state index in [1.165, 1.54) is 35.2 Å². The predicted octanol–water partition coefficient (Wildman–Crippen LogP) is 5.52. The molecule has 1 N–H and O–H groups in total. The first-order valence-electron chi connectivity index (χ1n) is 12.2. The molecule has 7 nitrogen and oxygen atoms in total. The quantitative estimate of drug-likeness (QED) is 0.326. The summed E-state index contributed by atoms with van der Waals surface area (Å²) in [6, 6.07) is 20.5. The summed E-state index contributed by atoms with van der Waals surface area (Å²) in [6.45, 7) is 5.01. The fourth-order valence-electron chi connectivity index (χ4n) is 3.99. The van der Waals surface area contributed by atoms with Crippen molar-refractivity contribution in [2.24, 2.45) is 0 Å². The maximum absolute atomic E-state index is 14.0. The monoisotopic (exact) mass is 575 g/mol. The molecule has 0 radical (unpaired) electrons. The van der Waals surface area contributed by atoms with E-state index in [4.69, 9.17) is 23.2 Å². The Morgan fingerprint density at radius 3 is 2.11 bits per heavy atom. The Kier molecular flexibility index (Phi) is 10.2. The van der Waals surface area contributed by atoms with Gasteiger partial charge in [-0.1, -0.05) is 78.7 Å². The summed E-state index contributed by atoms with van der Waals surface area (Å²) in [7, 11) is -4.22. The van der Waals surface area contributed by atoms with Crippen LogP contribution in [-0.2, 0) is 26.2 Å². The molecule has 0 saturated carbocycles. The van der Waals surface area contributed by atoms with Gasteiger partial charge in [-0.15, -0.1) is 0 Å². The summed E-state index contributed by atoms with van der Waals surface area (Å²) < 4.78 is 28.6. The maximum atomic E-state index is 14.0. The van der Waals surface area contributed by atoms with E-state index in [1.54, 1.807) is 18.2 Å². The highest BCUT2D eigenvalue weighted by atomic mass is 35.5. The molecule has 1 atom stereocenters. The lowest BCUT2D eigenvalue weighted by Crippen LogP contribution is -2.53. The summed E-state index contributed by atoms with van der Waals surface area (Å²) >= 11 is 12.6. The average molecular weight is 577 g/mol. The van der Waals surface area contributed by atoms with E-state index in [1.807, 2.05) is 51.1 Å². The van der Waals surface area contributed by atoms with Crippen molar-refractivity contribution < 1.29 is 18.0 Å². The molecule has 0 aromatic heterocycles. The van der Waals surface area contributed by atoms with Crippen molar-refractivity contribution >= 4 is 50.7 Å². The fourth-order valence-corrected chi connectivity index (χ4v) is 5.87. The number of amides is 2. The Bertz CT molecular complexity index is 1350. The molecule has 0 aliphatic carbocycles.